The molecule has 1 aromatic carbocycles. The van der Waals surface area contributed by atoms with Crippen molar-refractivity contribution in [3.05, 3.63) is 34.9 Å². The van der Waals surface area contributed by atoms with Crippen molar-refractivity contribution in [1.82, 2.24) is 14.8 Å². The second-order valence-electron chi connectivity index (χ2n) is 4.95. The molecule has 2 aromatic rings. The Bertz CT molecular complexity index is 716. The van der Waals surface area contributed by atoms with Gasteiger partial charge < -0.3 is 5.32 Å². The number of carbonyl (C=O) groups is 1. The molecule has 7 heteroatoms. The number of anilines is 1. The number of hydrogen-bond donors (Lipinski definition) is 2. The van der Waals surface area contributed by atoms with Gasteiger partial charge in [-0.05, 0) is 55.9 Å². The summed E-state index contributed by atoms with van der Waals surface area (Å²) in [5.41, 5.74) is 1.68. The highest BCUT2D eigenvalue weighted by Gasteiger charge is 2.23. The van der Waals surface area contributed by atoms with Crippen molar-refractivity contribution in [1.29, 1.82) is 0 Å². The molecule has 2 heterocycles. The summed E-state index contributed by atoms with van der Waals surface area (Å²) in [6, 6.07) is 7.65. The van der Waals surface area contributed by atoms with E-state index in [4.69, 9.17) is 12.2 Å². The number of carbonyl (C=O) groups excluding carboxylic acids is 1. The molecule has 110 valence electrons. The summed E-state index contributed by atoms with van der Waals surface area (Å²) in [5, 5.41) is 9.93. The maximum Gasteiger partial charge on any atom is 0.237 e. The number of benzene rings is 1. The van der Waals surface area contributed by atoms with Crippen molar-refractivity contribution >= 4 is 35.6 Å². The van der Waals surface area contributed by atoms with Crippen LogP contribution >= 0.6 is 24.0 Å². The van der Waals surface area contributed by atoms with Crippen LogP contribution in [0.4, 0.5) is 5.69 Å². The number of aromatic nitrogens is 3. The van der Waals surface area contributed by atoms with E-state index in [0.717, 1.165) is 35.8 Å². The number of aryl methyl sites for hydroxylation is 1. The van der Waals surface area contributed by atoms with Gasteiger partial charge in [0.2, 0.25) is 5.91 Å². The second kappa shape index (κ2) is 6.03. The third-order valence-electron chi connectivity index (χ3n) is 3.43. The van der Waals surface area contributed by atoms with E-state index in [1.807, 2.05) is 35.8 Å². The molecular weight excluding hydrogens is 304 g/mol. The van der Waals surface area contributed by atoms with Crippen molar-refractivity contribution in [2.75, 3.05) is 11.1 Å². The Morgan fingerprint density at radius 3 is 3.10 bits per heavy atom. The Kier molecular flexibility index (Phi) is 4.12. The fourth-order valence-corrected chi connectivity index (χ4v) is 3.85. The largest absolute Gasteiger partial charge is 0.325 e. The highest BCUT2D eigenvalue weighted by Crippen LogP contribution is 2.27. The highest BCUT2D eigenvalue weighted by atomic mass is 32.2. The summed E-state index contributed by atoms with van der Waals surface area (Å²) < 4.78 is 2.39. The van der Waals surface area contributed by atoms with Crippen molar-refractivity contribution in [3.63, 3.8) is 0 Å². The Morgan fingerprint density at radius 2 is 2.43 bits per heavy atom. The van der Waals surface area contributed by atoms with Crippen molar-refractivity contribution in [3.8, 4) is 5.69 Å². The normalized spacial score (nSPS) is 17.9. The van der Waals surface area contributed by atoms with Gasteiger partial charge in [-0.3, -0.25) is 14.5 Å². The molecule has 1 saturated heterocycles. The minimum absolute atomic E-state index is 0.0754. The lowest BCUT2D eigenvalue weighted by Gasteiger charge is -2.11. The fourth-order valence-electron chi connectivity index (χ4n) is 2.41. The lowest BCUT2D eigenvalue weighted by molar-refractivity contribution is -0.115. The standard InChI is InChI=1S/C14H16N4OS2/c1-9-16-17-14(20)18(9)11-5-2-4-10(8-11)15-13(19)12-6-3-7-21-12/h2,4-5,8,12H,3,6-7H2,1H3,(H,15,19)(H,17,20)/t12-/m1/s1. The van der Waals surface area contributed by atoms with Gasteiger partial charge in [0, 0.05) is 5.69 Å². The average molecular weight is 320 g/mol. The van der Waals surface area contributed by atoms with E-state index in [1.54, 1.807) is 11.8 Å². The van der Waals surface area contributed by atoms with Crippen LogP contribution in [-0.4, -0.2) is 31.7 Å². The first-order valence-electron chi connectivity index (χ1n) is 6.82. The van der Waals surface area contributed by atoms with Crippen molar-refractivity contribution < 1.29 is 4.79 Å². The van der Waals surface area contributed by atoms with Crippen LogP contribution in [0.5, 0.6) is 0 Å². The van der Waals surface area contributed by atoms with Crippen LogP contribution in [0.3, 0.4) is 0 Å². The number of H-pyrrole nitrogens is 1. The second-order valence-corrected chi connectivity index (χ2v) is 6.65. The molecule has 1 amide bonds. The van der Waals surface area contributed by atoms with E-state index >= 15 is 0 Å². The maximum atomic E-state index is 12.2. The summed E-state index contributed by atoms with van der Waals surface area (Å²) in [6.45, 7) is 1.88. The lowest BCUT2D eigenvalue weighted by Crippen LogP contribution is -2.22. The first-order chi connectivity index (χ1) is 10.1. The molecule has 1 aromatic heterocycles. The number of thioether (sulfide) groups is 1. The molecule has 3 rings (SSSR count). The highest BCUT2D eigenvalue weighted by molar-refractivity contribution is 8.00. The molecular formula is C14H16N4OS2. The quantitative estimate of drug-likeness (QED) is 0.853. The van der Waals surface area contributed by atoms with Crippen LogP contribution in [0.15, 0.2) is 24.3 Å². The number of aromatic amines is 1. The van der Waals surface area contributed by atoms with Gasteiger partial charge in [0.1, 0.15) is 5.82 Å². The smallest absolute Gasteiger partial charge is 0.237 e. The third kappa shape index (κ3) is 3.03. The van der Waals surface area contributed by atoms with Crippen LogP contribution < -0.4 is 5.32 Å². The topological polar surface area (TPSA) is 62.7 Å². The average Bonchev–Trinajstić information content (AvgIpc) is 3.09. The minimum Gasteiger partial charge on any atom is -0.325 e. The van der Waals surface area contributed by atoms with E-state index in [1.165, 1.54) is 0 Å². The summed E-state index contributed by atoms with van der Waals surface area (Å²) in [5.74, 6) is 1.94. The van der Waals surface area contributed by atoms with Gasteiger partial charge in [-0.15, -0.1) is 11.8 Å². The first-order valence-corrected chi connectivity index (χ1v) is 8.28. The zero-order chi connectivity index (χ0) is 14.8. The van der Waals surface area contributed by atoms with Crippen molar-refractivity contribution in [2.45, 2.75) is 25.0 Å². The first kappa shape index (κ1) is 14.3. The molecule has 0 bridgehead atoms. The predicted octanol–water partition coefficient (Wildman–Crippen LogP) is 3.07. The third-order valence-corrected chi connectivity index (χ3v) is 5.08. The fraction of sp³-hybridized carbons (Fsp3) is 0.357. The Labute approximate surface area is 132 Å². The van der Waals surface area contributed by atoms with Crippen LogP contribution in [0.1, 0.15) is 18.7 Å². The van der Waals surface area contributed by atoms with Crippen LogP contribution in [0.2, 0.25) is 0 Å². The Balaban J connectivity index is 1.83. The molecule has 21 heavy (non-hydrogen) atoms. The number of hydrogen-bond acceptors (Lipinski definition) is 4. The lowest BCUT2D eigenvalue weighted by atomic mass is 10.2. The monoisotopic (exact) mass is 320 g/mol. The van der Waals surface area contributed by atoms with E-state index in [0.29, 0.717) is 4.77 Å². The number of rotatable bonds is 3. The predicted molar refractivity (Wildman–Crippen MR) is 87.6 cm³/mol. The molecule has 1 fully saturated rings. The van der Waals surface area contributed by atoms with Gasteiger partial charge in [0.05, 0.1) is 10.9 Å². The molecule has 1 atom stereocenters. The number of nitrogens with one attached hydrogen (secondary N) is 2. The van der Waals surface area contributed by atoms with Gasteiger partial charge in [-0.25, -0.2) is 0 Å². The Morgan fingerprint density at radius 1 is 1.57 bits per heavy atom. The van der Waals surface area contributed by atoms with Crippen LogP contribution in [-0.2, 0) is 4.79 Å². The van der Waals surface area contributed by atoms with Gasteiger partial charge in [-0.2, -0.15) is 5.10 Å². The molecule has 1 aliphatic heterocycles. The molecule has 0 spiro atoms. The molecule has 0 radical (unpaired) electrons. The van der Waals surface area contributed by atoms with E-state index in [-0.39, 0.29) is 11.2 Å². The van der Waals surface area contributed by atoms with E-state index in [9.17, 15) is 4.79 Å². The van der Waals surface area contributed by atoms with E-state index < -0.39 is 0 Å². The number of amides is 1. The summed E-state index contributed by atoms with van der Waals surface area (Å²) in [7, 11) is 0. The zero-order valence-corrected chi connectivity index (χ0v) is 13.3. The Hall–Kier alpha value is -1.60. The minimum atomic E-state index is 0.0754. The van der Waals surface area contributed by atoms with E-state index in [2.05, 4.69) is 15.5 Å². The molecule has 5 nitrogen and oxygen atoms in total. The molecule has 0 unspecified atom stereocenters. The van der Waals surface area contributed by atoms with Crippen LogP contribution in [0.25, 0.3) is 5.69 Å². The van der Waals surface area contributed by atoms with Gasteiger partial charge >= 0.3 is 0 Å². The maximum absolute atomic E-state index is 12.2. The molecule has 2 N–H and O–H groups in total. The SMILES string of the molecule is Cc1n[nH]c(=S)n1-c1cccc(NC(=O)[C@H]2CCCS2)c1. The van der Waals surface area contributed by atoms with Gasteiger partial charge in [-0.1, -0.05) is 6.07 Å². The molecule has 0 aliphatic carbocycles. The zero-order valence-electron chi connectivity index (χ0n) is 11.6. The summed E-state index contributed by atoms with van der Waals surface area (Å²) >= 11 is 6.96. The van der Waals surface area contributed by atoms with Gasteiger partial charge in [0.15, 0.2) is 4.77 Å². The molecule has 1 aliphatic rings. The molecule has 0 saturated carbocycles. The number of nitrogens with zero attached hydrogens (tertiary/aromatic N) is 2. The summed E-state index contributed by atoms with van der Waals surface area (Å²) in [6.07, 6.45) is 2.08. The summed E-state index contributed by atoms with van der Waals surface area (Å²) in [4.78, 5) is 12.2. The van der Waals surface area contributed by atoms with Gasteiger partial charge in [0.25, 0.3) is 0 Å². The van der Waals surface area contributed by atoms with Crippen molar-refractivity contribution in [2.24, 2.45) is 0 Å². The van der Waals surface area contributed by atoms with Crippen LogP contribution in [0, 0.1) is 11.7 Å².